The zero-order chi connectivity index (χ0) is 16.1. The molecule has 1 aromatic carbocycles. The number of aryl methyl sites for hydroxylation is 1. The summed E-state index contributed by atoms with van der Waals surface area (Å²) in [6.07, 6.45) is 3.05. The first kappa shape index (κ1) is 19.2. The van der Waals surface area contributed by atoms with Crippen LogP contribution in [0, 0.1) is 0 Å². The van der Waals surface area contributed by atoms with Gasteiger partial charge in [0.2, 0.25) is 0 Å². The molecule has 0 amide bonds. The fourth-order valence-corrected chi connectivity index (χ4v) is 3.72. The molecule has 24 heavy (non-hydrogen) atoms. The number of nitrogens with zero attached hydrogens (tertiary/aromatic N) is 3. The van der Waals surface area contributed by atoms with Crippen LogP contribution in [0.5, 0.6) is 0 Å². The molecule has 3 rings (SSSR count). The maximum atomic E-state index is 4.62. The van der Waals surface area contributed by atoms with E-state index in [2.05, 4.69) is 56.8 Å². The second-order valence-corrected chi connectivity index (χ2v) is 6.69. The van der Waals surface area contributed by atoms with Gasteiger partial charge in [0.05, 0.1) is 10.7 Å². The molecule has 0 unspecified atom stereocenters. The van der Waals surface area contributed by atoms with Crippen molar-refractivity contribution in [3.05, 3.63) is 51.5 Å². The van der Waals surface area contributed by atoms with Crippen molar-refractivity contribution < 1.29 is 0 Å². The van der Waals surface area contributed by atoms with Crippen LogP contribution in [0.3, 0.4) is 0 Å². The third-order valence-electron chi connectivity index (χ3n) is 4.21. The predicted molar refractivity (Wildman–Crippen MR) is 113 cm³/mol. The molecular weight excluding hydrogens is 431 g/mol. The Hall–Kier alpha value is -1.15. The molecular formula is C18H25IN4S. The Morgan fingerprint density at radius 3 is 2.83 bits per heavy atom. The van der Waals surface area contributed by atoms with Gasteiger partial charge in [-0.3, -0.25) is 4.99 Å². The van der Waals surface area contributed by atoms with Gasteiger partial charge in [-0.25, -0.2) is 4.98 Å². The Balaban J connectivity index is 0.00000208. The number of benzene rings is 1. The lowest BCUT2D eigenvalue weighted by molar-refractivity contribution is 0.379. The Kier molecular flexibility index (Phi) is 7.48. The summed E-state index contributed by atoms with van der Waals surface area (Å²) >= 11 is 1.75. The third-order valence-corrected chi connectivity index (χ3v) is 5.25. The van der Waals surface area contributed by atoms with Crippen LogP contribution >= 0.6 is 35.3 Å². The largest absolute Gasteiger partial charge is 0.356 e. The smallest absolute Gasteiger partial charge is 0.193 e. The average Bonchev–Trinajstić information content (AvgIpc) is 3.06. The first-order valence-corrected chi connectivity index (χ1v) is 9.13. The lowest BCUT2D eigenvalue weighted by Crippen LogP contribution is -2.44. The van der Waals surface area contributed by atoms with Gasteiger partial charge in [-0.05, 0) is 24.0 Å². The lowest BCUT2D eigenvalue weighted by Gasteiger charge is -2.31. The minimum atomic E-state index is 0. The van der Waals surface area contributed by atoms with Crippen molar-refractivity contribution in [2.24, 2.45) is 4.99 Å². The maximum Gasteiger partial charge on any atom is 0.193 e. The predicted octanol–water partition coefficient (Wildman–Crippen LogP) is 3.50. The van der Waals surface area contributed by atoms with E-state index in [1.807, 2.05) is 7.05 Å². The van der Waals surface area contributed by atoms with Gasteiger partial charge < -0.3 is 10.2 Å². The molecule has 2 heterocycles. The molecule has 0 bridgehead atoms. The van der Waals surface area contributed by atoms with E-state index in [9.17, 15) is 0 Å². The number of fused-ring (bicyclic) bond motifs is 1. The molecule has 1 aromatic heterocycles. The van der Waals surface area contributed by atoms with E-state index >= 15 is 0 Å². The number of halogens is 1. The van der Waals surface area contributed by atoms with Crippen molar-refractivity contribution in [3.63, 3.8) is 0 Å². The number of aliphatic imine (C=N–C) groups is 1. The van der Waals surface area contributed by atoms with E-state index in [4.69, 9.17) is 0 Å². The summed E-state index contributed by atoms with van der Waals surface area (Å²) in [6.45, 7) is 4.98. The minimum absolute atomic E-state index is 0. The summed E-state index contributed by atoms with van der Waals surface area (Å²) in [6, 6.07) is 8.69. The highest BCUT2D eigenvalue weighted by Gasteiger charge is 2.18. The van der Waals surface area contributed by atoms with E-state index in [1.165, 1.54) is 21.8 Å². The number of thiazole rings is 1. The topological polar surface area (TPSA) is 40.5 Å². The highest BCUT2D eigenvalue weighted by Crippen LogP contribution is 2.18. The van der Waals surface area contributed by atoms with Crippen LogP contribution in [0.4, 0.5) is 0 Å². The second kappa shape index (κ2) is 9.36. The number of rotatable bonds is 4. The average molecular weight is 456 g/mol. The van der Waals surface area contributed by atoms with Crippen LogP contribution in [0.15, 0.2) is 34.6 Å². The van der Waals surface area contributed by atoms with Crippen LogP contribution in [0.1, 0.15) is 28.8 Å². The summed E-state index contributed by atoms with van der Waals surface area (Å²) in [5.41, 5.74) is 4.06. The van der Waals surface area contributed by atoms with Gasteiger partial charge in [0, 0.05) is 38.5 Å². The van der Waals surface area contributed by atoms with Crippen LogP contribution in [0.2, 0.25) is 0 Å². The number of hydrogen-bond donors (Lipinski definition) is 1. The van der Waals surface area contributed by atoms with E-state index < -0.39 is 0 Å². The monoisotopic (exact) mass is 456 g/mol. The maximum absolute atomic E-state index is 4.62. The molecule has 4 nitrogen and oxygen atoms in total. The van der Waals surface area contributed by atoms with E-state index in [0.29, 0.717) is 0 Å². The van der Waals surface area contributed by atoms with Crippen molar-refractivity contribution in [1.29, 1.82) is 0 Å². The fraction of sp³-hybridized carbons (Fsp3) is 0.444. The minimum Gasteiger partial charge on any atom is -0.356 e. The summed E-state index contributed by atoms with van der Waals surface area (Å²) in [7, 11) is 1.86. The molecule has 1 aliphatic heterocycles. The summed E-state index contributed by atoms with van der Waals surface area (Å²) < 4.78 is 0. The highest BCUT2D eigenvalue weighted by atomic mass is 127. The number of guanidine groups is 1. The SMILES string of the molecule is CCc1nc(CCNC(=NC)N2CCc3ccccc3C2)cs1.I. The molecule has 130 valence electrons. The molecule has 0 saturated carbocycles. The molecule has 0 radical (unpaired) electrons. The van der Waals surface area contributed by atoms with Crippen molar-refractivity contribution in [2.45, 2.75) is 32.7 Å². The van der Waals surface area contributed by atoms with E-state index in [0.717, 1.165) is 44.9 Å². The number of aromatic nitrogens is 1. The molecule has 1 N–H and O–H groups in total. The zero-order valence-electron chi connectivity index (χ0n) is 14.3. The number of hydrogen-bond acceptors (Lipinski definition) is 3. The van der Waals surface area contributed by atoms with Crippen molar-refractivity contribution >= 4 is 41.3 Å². The Bertz CT molecular complexity index is 683. The normalized spacial score (nSPS) is 14.1. The van der Waals surface area contributed by atoms with Crippen molar-refractivity contribution in [3.8, 4) is 0 Å². The number of nitrogens with one attached hydrogen (secondary N) is 1. The third kappa shape index (κ3) is 4.69. The quantitative estimate of drug-likeness (QED) is 0.435. The zero-order valence-corrected chi connectivity index (χ0v) is 17.4. The summed E-state index contributed by atoms with van der Waals surface area (Å²) in [4.78, 5) is 11.4. The van der Waals surface area contributed by atoms with Gasteiger partial charge in [-0.15, -0.1) is 35.3 Å². The van der Waals surface area contributed by atoms with Gasteiger partial charge in [-0.1, -0.05) is 31.2 Å². The van der Waals surface area contributed by atoms with Gasteiger partial charge in [-0.2, -0.15) is 0 Å². The van der Waals surface area contributed by atoms with Crippen molar-refractivity contribution in [2.75, 3.05) is 20.1 Å². The standard InChI is InChI=1S/C18H24N4S.HI/c1-3-17-21-16(13-23-17)8-10-20-18(19-2)22-11-9-14-6-4-5-7-15(14)12-22;/h4-7,13H,3,8-12H2,1-2H3,(H,19,20);1H. The Morgan fingerprint density at radius 1 is 1.33 bits per heavy atom. The van der Waals surface area contributed by atoms with Crippen molar-refractivity contribution in [1.82, 2.24) is 15.2 Å². The Morgan fingerprint density at radius 2 is 2.12 bits per heavy atom. The van der Waals surface area contributed by atoms with Gasteiger partial charge in [0.15, 0.2) is 5.96 Å². The molecule has 0 atom stereocenters. The first-order chi connectivity index (χ1) is 11.3. The lowest BCUT2D eigenvalue weighted by atomic mass is 10.0. The highest BCUT2D eigenvalue weighted by molar-refractivity contribution is 14.0. The van der Waals surface area contributed by atoms with Gasteiger partial charge in [0.1, 0.15) is 0 Å². The van der Waals surface area contributed by atoms with Crippen LogP contribution < -0.4 is 5.32 Å². The second-order valence-electron chi connectivity index (χ2n) is 5.75. The molecule has 0 saturated heterocycles. The van der Waals surface area contributed by atoms with Crippen LogP contribution in [-0.4, -0.2) is 36.0 Å². The molecule has 1 aliphatic rings. The molecule has 0 spiro atoms. The summed E-state index contributed by atoms with van der Waals surface area (Å²) in [5, 5.41) is 6.87. The Labute approximate surface area is 165 Å². The van der Waals surface area contributed by atoms with Crippen LogP contribution in [-0.2, 0) is 25.8 Å². The molecule has 0 fully saturated rings. The fourth-order valence-electron chi connectivity index (χ4n) is 2.94. The van der Waals surface area contributed by atoms with E-state index in [1.54, 1.807) is 11.3 Å². The molecule has 2 aromatic rings. The molecule has 0 aliphatic carbocycles. The van der Waals surface area contributed by atoms with Gasteiger partial charge in [0.25, 0.3) is 0 Å². The molecule has 6 heteroatoms. The summed E-state index contributed by atoms with van der Waals surface area (Å²) in [5.74, 6) is 0.991. The van der Waals surface area contributed by atoms with E-state index in [-0.39, 0.29) is 24.0 Å². The van der Waals surface area contributed by atoms with Gasteiger partial charge >= 0.3 is 0 Å². The first-order valence-electron chi connectivity index (χ1n) is 8.25. The van der Waals surface area contributed by atoms with Crippen LogP contribution in [0.25, 0.3) is 0 Å².